The van der Waals surface area contributed by atoms with Crippen LogP contribution in [0.25, 0.3) is 0 Å². The minimum absolute atomic E-state index is 0.280. The summed E-state index contributed by atoms with van der Waals surface area (Å²) in [6, 6.07) is 10.4. The number of anilines is 1. The third kappa shape index (κ3) is 3.45. The molecule has 1 heterocycles. The first-order valence-electron chi connectivity index (χ1n) is 6.82. The number of carbonyl (C=O) groups excluding carboxylic acids is 1. The number of thiazole rings is 1. The second-order valence-corrected chi connectivity index (χ2v) is 6.18. The standard InChI is InChI=1S/C16H20N2OS/c1-12(2)15-14(11-19)20-16(17-15)18(3)10-9-13-7-5-4-6-8-13/h4-8,11-12H,9-10H2,1-3H3. The molecule has 0 saturated heterocycles. The van der Waals surface area contributed by atoms with Crippen molar-refractivity contribution in [2.45, 2.75) is 26.2 Å². The van der Waals surface area contributed by atoms with Gasteiger partial charge in [0.1, 0.15) is 0 Å². The normalized spacial score (nSPS) is 10.8. The molecule has 2 aromatic rings. The minimum Gasteiger partial charge on any atom is -0.351 e. The quantitative estimate of drug-likeness (QED) is 0.759. The maximum atomic E-state index is 11.1. The molecule has 0 aliphatic carbocycles. The number of likely N-dealkylation sites (N-methyl/N-ethyl adjacent to an activating group) is 1. The van der Waals surface area contributed by atoms with Gasteiger partial charge in [-0.1, -0.05) is 55.5 Å². The summed E-state index contributed by atoms with van der Waals surface area (Å²) in [4.78, 5) is 18.6. The Morgan fingerprint density at radius 2 is 2.00 bits per heavy atom. The summed E-state index contributed by atoms with van der Waals surface area (Å²) in [6.07, 6.45) is 1.89. The van der Waals surface area contributed by atoms with Gasteiger partial charge in [-0.25, -0.2) is 4.98 Å². The van der Waals surface area contributed by atoms with Crippen molar-refractivity contribution in [3.05, 3.63) is 46.5 Å². The summed E-state index contributed by atoms with van der Waals surface area (Å²) >= 11 is 1.48. The molecule has 0 N–H and O–H groups in total. The highest BCUT2D eigenvalue weighted by Gasteiger charge is 2.15. The predicted molar refractivity (Wildman–Crippen MR) is 85.0 cm³/mol. The highest BCUT2D eigenvalue weighted by atomic mass is 32.1. The Morgan fingerprint density at radius 1 is 1.30 bits per heavy atom. The zero-order valence-electron chi connectivity index (χ0n) is 12.2. The van der Waals surface area contributed by atoms with Crippen molar-refractivity contribution < 1.29 is 4.79 Å². The fourth-order valence-electron chi connectivity index (χ4n) is 2.03. The average Bonchev–Trinajstić information content (AvgIpc) is 2.90. The number of hydrogen-bond donors (Lipinski definition) is 0. The Bertz CT molecular complexity index is 563. The number of carbonyl (C=O) groups is 1. The first kappa shape index (κ1) is 14.7. The number of benzene rings is 1. The fourth-order valence-corrected chi connectivity index (χ4v) is 3.05. The van der Waals surface area contributed by atoms with Crippen LogP contribution in [0, 0.1) is 0 Å². The lowest BCUT2D eigenvalue weighted by Gasteiger charge is -2.15. The van der Waals surface area contributed by atoms with Crippen LogP contribution in [-0.4, -0.2) is 24.9 Å². The second kappa shape index (κ2) is 6.66. The molecule has 0 fully saturated rings. The maximum absolute atomic E-state index is 11.1. The highest BCUT2D eigenvalue weighted by molar-refractivity contribution is 7.17. The molecule has 3 nitrogen and oxygen atoms in total. The molecule has 0 unspecified atom stereocenters. The van der Waals surface area contributed by atoms with Gasteiger partial charge >= 0.3 is 0 Å². The van der Waals surface area contributed by atoms with Crippen molar-refractivity contribution in [2.24, 2.45) is 0 Å². The van der Waals surface area contributed by atoms with Crippen LogP contribution in [0.2, 0.25) is 0 Å². The van der Waals surface area contributed by atoms with E-state index in [-0.39, 0.29) is 5.92 Å². The van der Waals surface area contributed by atoms with Crippen molar-refractivity contribution >= 4 is 22.8 Å². The molecule has 2 rings (SSSR count). The summed E-state index contributed by atoms with van der Waals surface area (Å²) in [5, 5.41) is 0.923. The fraction of sp³-hybridized carbons (Fsp3) is 0.375. The lowest BCUT2D eigenvalue weighted by atomic mass is 10.1. The van der Waals surface area contributed by atoms with E-state index in [1.54, 1.807) is 0 Å². The second-order valence-electron chi connectivity index (χ2n) is 5.18. The average molecular weight is 288 g/mol. The van der Waals surface area contributed by atoms with Crippen LogP contribution < -0.4 is 4.90 Å². The number of rotatable bonds is 6. The molecular formula is C16H20N2OS. The summed E-state index contributed by atoms with van der Waals surface area (Å²) in [7, 11) is 2.03. The predicted octanol–water partition coefficient (Wildman–Crippen LogP) is 3.76. The van der Waals surface area contributed by atoms with Gasteiger partial charge in [0.25, 0.3) is 0 Å². The lowest BCUT2D eigenvalue weighted by molar-refractivity contribution is 0.112. The molecule has 4 heteroatoms. The van der Waals surface area contributed by atoms with E-state index in [0.717, 1.165) is 35.0 Å². The van der Waals surface area contributed by atoms with Crippen LogP contribution in [0.15, 0.2) is 30.3 Å². The summed E-state index contributed by atoms with van der Waals surface area (Å²) in [5.74, 6) is 0.280. The van der Waals surface area contributed by atoms with Crippen LogP contribution in [0.5, 0.6) is 0 Å². The van der Waals surface area contributed by atoms with E-state index in [0.29, 0.717) is 0 Å². The van der Waals surface area contributed by atoms with Crippen LogP contribution in [0.1, 0.15) is 40.7 Å². The molecule has 0 saturated carbocycles. The highest BCUT2D eigenvalue weighted by Crippen LogP contribution is 2.28. The Balaban J connectivity index is 2.05. The zero-order chi connectivity index (χ0) is 14.5. The molecule has 0 spiro atoms. The monoisotopic (exact) mass is 288 g/mol. The van der Waals surface area contributed by atoms with Crippen LogP contribution in [-0.2, 0) is 6.42 Å². The molecule has 0 amide bonds. The van der Waals surface area contributed by atoms with Gasteiger partial charge in [-0.05, 0) is 17.9 Å². The van der Waals surface area contributed by atoms with Crippen molar-refractivity contribution in [3.63, 3.8) is 0 Å². The molecule has 0 atom stereocenters. The number of nitrogens with zero attached hydrogens (tertiary/aromatic N) is 2. The molecule has 1 aromatic carbocycles. The zero-order valence-corrected chi connectivity index (χ0v) is 13.0. The largest absolute Gasteiger partial charge is 0.351 e. The molecule has 0 aliphatic rings. The maximum Gasteiger partial charge on any atom is 0.185 e. The van der Waals surface area contributed by atoms with E-state index in [1.807, 2.05) is 13.1 Å². The molecule has 106 valence electrons. The Labute approximate surface area is 124 Å². The van der Waals surface area contributed by atoms with Crippen molar-refractivity contribution in [2.75, 3.05) is 18.5 Å². The van der Waals surface area contributed by atoms with Crippen molar-refractivity contribution in [3.8, 4) is 0 Å². The Hall–Kier alpha value is -1.68. The third-order valence-corrected chi connectivity index (χ3v) is 4.34. The SMILES string of the molecule is CC(C)c1nc(N(C)CCc2ccccc2)sc1C=O. The van der Waals surface area contributed by atoms with Crippen molar-refractivity contribution in [1.29, 1.82) is 0 Å². The third-order valence-electron chi connectivity index (χ3n) is 3.23. The molecule has 20 heavy (non-hydrogen) atoms. The lowest BCUT2D eigenvalue weighted by Crippen LogP contribution is -2.20. The van der Waals surface area contributed by atoms with Gasteiger partial charge < -0.3 is 4.90 Å². The smallest absolute Gasteiger partial charge is 0.185 e. The first-order valence-corrected chi connectivity index (χ1v) is 7.64. The topological polar surface area (TPSA) is 33.2 Å². The molecule has 1 aromatic heterocycles. The van der Waals surface area contributed by atoms with E-state index < -0.39 is 0 Å². The van der Waals surface area contributed by atoms with Gasteiger partial charge in [0, 0.05) is 13.6 Å². The van der Waals surface area contributed by atoms with Crippen LogP contribution in [0.3, 0.4) is 0 Å². The van der Waals surface area contributed by atoms with Crippen molar-refractivity contribution in [1.82, 2.24) is 4.98 Å². The Morgan fingerprint density at radius 3 is 2.55 bits per heavy atom. The van der Waals surface area contributed by atoms with Gasteiger partial charge in [-0.3, -0.25) is 4.79 Å². The summed E-state index contributed by atoms with van der Waals surface area (Å²) < 4.78 is 0. The number of aldehydes is 1. The van der Waals surface area contributed by atoms with Gasteiger partial charge in [0.15, 0.2) is 11.4 Å². The Kier molecular flexibility index (Phi) is 4.90. The van der Waals surface area contributed by atoms with Gasteiger partial charge in [0.2, 0.25) is 0 Å². The molecule has 0 aliphatic heterocycles. The molecule has 0 bridgehead atoms. The minimum atomic E-state index is 0.280. The van der Waals surface area contributed by atoms with Crippen LogP contribution >= 0.6 is 11.3 Å². The molecular weight excluding hydrogens is 268 g/mol. The van der Waals surface area contributed by atoms with Crippen LogP contribution in [0.4, 0.5) is 5.13 Å². The first-order chi connectivity index (χ1) is 9.61. The number of aromatic nitrogens is 1. The van der Waals surface area contributed by atoms with E-state index in [9.17, 15) is 4.79 Å². The van der Waals surface area contributed by atoms with E-state index in [4.69, 9.17) is 0 Å². The van der Waals surface area contributed by atoms with Gasteiger partial charge in [0.05, 0.1) is 10.6 Å². The summed E-state index contributed by atoms with van der Waals surface area (Å²) in [5.41, 5.74) is 2.22. The van der Waals surface area contributed by atoms with E-state index >= 15 is 0 Å². The van der Waals surface area contributed by atoms with E-state index in [1.165, 1.54) is 16.9 Å². The number of hydrogen-bond acceptors (Lipinski definition) is 4. The van der Waals surface area contributed by atoms with E-state index in [2.05, 4.69) is 48.0 Å². The molecule has 0 radical (unpaired) electrons. The van der Waals surface area contributed by atoms with Gasteiger partial charge in [-0.15, -0.1) is 0 Å². The van der Waals surface area contributed by atoms with Gasteiger partial charge in [-0.2, -0.15) is 0 Å². The summed E-state index contributed by atoms with van der Waals surface area (Å²) in [6.45, 7) is 5.03.